The zero-order chi connectivity index (χ0) is 14.4. The second-order valence-electron chi connectivity index (χ2n) is 3.39. The van der Waals surface area contributed by atoms with Crippen LogP contribution in [0.15, 0.2) is 18.2 Å². The van der Waals surface area contributed by atoms with Crippen LogP contribution < -0.4 is 9.47 Å². The molecule has 1 aromatic carbocycles. The van der Waals surface area contributed by atoms with Crippen LogP contribution in [0.1, 0.15) is 5.56 Å². The lowest BCUT2D eigenvalue weighted by molar-refractivity contribution is -0.139. The maximum atomic E-state index is 10.4. The lowest BCUT2D eigenvalue weighted by atomic mass is 10.2. The Balaban J connectivity index is 3.07. The van der Waals surface area contributed by atoms with Crippen molar-refractivity contribution in [3.05, 3.63) is 28.8 Å². The molecule has 0 aliphatic carbocycles. The Hall–Kier alpha value is -2.21. The first-order chi connectivity index (χ1) is 8.93. The molecule has 7 heteroatoms. The van der Waals surface area contributed by atoms with Crippen LogP contribution in [0.3, 0.4) is 0 Å². The first kappa shape index (κ1) is 14.8. The highest BCUT2D eigenvalue weighted by molar-refractivity contribution is 6.32. The Morgan fingerprint density at radius 3 is 2.58 bits per heavy atom. The van der Waals surface area contributed by atoms with Crippen LogP contribution in [-0.2, 0) is 9.59 Å². The number of benzene rings is 1. The summed E-state index contributed by atoms with van der Waals surface area (Å²) in [5.74, 6) is -1.92. The molecule has 0 atom stereocenters. The van der Waals surface area contributed by atoms with E-state index in [4.69, 9.17) is 31.3 Å². The van der Waals surface area contributed by atoms with Gasteiger partial charge in [-0.3, -0.25) is 0 Å². The van der Waals surface area contributed by atoms with Crippen LogP contribution in [0.5, 0.6) is 11.5 Å². The summed E-state index contributed by atoms with van der Waals surface area (Å²) in [5.41, 5.74) is 0.493. The first-order valence-corrected chi connectivity index (χ1v) is 5.45. The Labute approximate surface area is 113 Å². The van der Waals surface area contributed by atoms with Gasteiger partial charge in [0.25, 0.3) is 0 Å². The zero-order valence-electron chi connectivity index (χ0n) is 9.92. The van der Waals surface area contributed by atoms with Gasteiger partial charge in [-0.05, 0) is 23.8 Å². The molecule has 0 radical (unpaired) electrons. The van der Waals surface area contributed by atoms with Gasteiger partial charge in [-0.1, -0.05) is 11.6 Å². The Kier molecular flexibility index (Phi) is 5.20. The average Bonchev–Trinajstić information content (AvgIpc) is 2.34. The summed E-state index contributed by atoms with van der Waals surface area (Å²) in [6.07, 6.45) is 2.28. The number of halogens is 1. The molecule has 0 aliphatic heterocycles. The monoisotopic (exact) mass is 286 g/mol. The van der Waals surface area contributed by atoms with Crippen LogP contribution >= 0.6 is 11.6 Å². The number of hydrogen-bond donors (Lipinski definition) is 2. The minimum Gasteiger partial charge on any atom is -0.493 e. The summed E-state index contributed by atoms with van der Waals surface area (Å²) in [6.45, 7) is -0.555. The number of carboxylic acid groups (broad SMARTS) is 2. The molecule has 0 saturated carbocycles. The third-order valence-electron chi connectivity index (χ3n) is 2.01. The van der Waals surface area contributed by atoms with Crippen LogP contribution in [-0.4, -0.2) is 35.9 Å². The van der Waals surface area contributed by atoms with Gasteiger partial charge in [-0.2, -0.15) is 0 Å². The number of rotatable bonds is 6. The predicted octanol–water partition coefficient (Wildman–Crippen LogP) is 1.91. The maximum Gasteiger partial charge on any atom is 0.341 e. The molecule has 1 rings (SSSR count). The average molecular weight is 287 g/mol. The van der Waals surface area contributed by atoms with E-state index in [1.54, 1.807) is 0 Å². The SMILES string of the molecule is COc1cc(/C=C/C(=O)O)cc(Cl)c1OCC(=O)O. The molecule has 0 aliphatic rings. The fraction of sp³-hybridized carbons (Fsp3) is 0.167. The van der Waals surface area contributed by atoms with Gasteiger partial charge in [0.05, 0.1) is 12.1 Å². The summed E-state index contributed by atoms with van der Waals surface area (Å²) < 4.78 is 10.0. The van der Waals surface area contributed by atoms with Crippen molar-refractivity contribution in [1.82, 2.24) is 0 Å². The molecule has 0 spiro atoms. The largest absolute Gasteiger partial charge is 0.493 e. The standard InChI is InChI=1S/C12H11ClO6/c1-18-9-5-7(2-3-10(14)15)4-8(13)12(9)19-6-11(16)17/h2-5H,6H2,1H3,(H,14,15)(H,16,17)/b3-2+. The second-order valence-corrected chi connectivity index (χ2v) is 3.80. The van der Waals surface area contributed by atoms with E-state index >= 15 is 0 Å². The highest BCUT2D eigenvalue weighted by Gasteiger charge is 2.12. The van der Waals surface area contributed by atoms with Gasteiger partial charge in [0, 0.05) is 6.08 Å². The third-order valence-corrected chi connectivity index (χ3v) is 2.29. The summed E-state index contributed by atoms with van der Waals surface area (Å²) in [6, 6.07) is 2.93. The summed E-state index contributed by atoms with van der Waals surface area (Å²) in [7, 11) is 1.37. The summed E-state index contributed by atoms with van der Waals surface area (Å²) >= 11 is 5.93. The molecule has 0 unspecified atom stereocenters. The third kappa shape index (κ3) is 4.51. The molecule has 0 saturated heterocycles. The molecule has 2 N–H and O–H groups in total. The van der Waals surface area contributed by atoms with E-state index in [0.717, 1.165) is 6.08 Å². The minimum absolute atomic E-state index is 0.0963. The lowest BCUT2D eigenvalue weighted by Gasteiger charge is -2.11. The minimum atomic E-state index is -1.15. The van der Waals surface area contributed by atoms with Crippen molar-refractivity contribution in [3.63, 3.8) is 0 Å². The normalized spacial score (nSPS) is 10.4. The highest BCUT2D eigenvalue weighted by atomic mass is 35.5. The van der Waals surface area contributed by atoms with Crippen molar-refractivity contribution in [3.8, 4) is 11.5 Å². The Morgan fingerprint density at radius 1 is 1.37 bits per heavy atom. The van der Waals surface area contributed by atoms with Gasteiger partial charge >= 0.3 is 11.9 Å². The van der Waals surface area contributed by atoms with Crippen LogP contribution in [0.25, 0.3) is 6.08 Å². The van der Waals surface area contributed by atoms with E-state index in [1.807, 2.05) is 0 Å². The van der Waals surface area contributed by atoms with Gasteiger partial charge in [0.15, 0.2) is 18.1 Å². The number of ether oxygens (including phenoxy) is 2. The summed E-state index contributed by atoms with van der Waals surface area (Å²) in [5, 5.41) is 17.2. The molecular weight excluding hydrogens is 276 g/mol. The fourth-order valence-electron chi connectivity index (χ4n) is 1.28. The maximum absolute atomic E-state index is 10.4. The van der Waals surface area contributed by atoms with E-state index in [-0.39, 0.29) is 16.5 Å². The quantitative estimate of drug-likeness (QED) is 0.776. The molecule has 0 aromatic heterocycles. The van der Waals surface area contributed by atoms with Crippen molar-refractivity contribution >= 4 is 29.6 Å². The number of hydrogen-bond acceptors (Lipinski definition) is 4. The van der Waals surface area contributed by atoms with E-state index in [1.165, 1.54) is 25.3 Å². The smallest absolute Gasteiger partial charge is 0.341 e. The molecular formula is C12H11ClO6. The second kappa shape index (κ2) is 6.65. The van der Waals surface area contributed by atoms with Crippen molar-refractivity contribution in [2.75, 3.05) is 13.7 Å². The number of aliphatic carboxylic acids is 2. The van der Waals surface area contributed by atoms with Crippen LogP contribution in [0.2, 0.25) is 5.02 Å². The van der Waals surface area contributed by atoms with Crippen LogP contribution in [0, 0.1) is 0 Å². The van der Waals surface area contributed by atoms with E-state index in [0.29, 0.717) is 5.56 Å². The van der Waals surface area contributed by atoms with Gasteiger partial charge in [-0.15, -0.1) is 0 Å². The van der Waals surface area contributed by atoms with Gasteiger partial charge in [0.1, 0.15) is 0 Å². The van der Waals surface area contributed by atoms with Gasteiger partial charge < -0.3 is 19.7 Å². The zero-order valence-corrected chi connectivity index (χ0v) is 10.7. The molecule has 0 bridgehead atoms. The number of methoxy groups -OCH3 is 1. The predicted molar refractivity (Wildman–Crippen MR) is 67.8 cm³/mol. The molecule has 19 heavy (non-hydrogen) atoms. The fourth-order valence-corrected chi connectivity index (χ4v) is 1.55. The molecule has 102 valence electrons. The van der Waals surface area contributed by atoms with E-state index < -0.39 is 18.5 Å². The van der Waals surface area contributed by atoms with E-state index in [9.17, 15) is 9.59 Å². The van der Waals surface area contributed by atoms with Crippen molar-refractivity contribution < 1.29 is 29.3 Å². The Morgan fingerprint density at radius 2 is 2.05 bits per heavy atom. The molecule has 0 fully saturated rings. The Bertz CT molecular complexity index is 523. The van der Waals surface area contributed by atoms with Crippen molar-refractivity contribution in [1.29, 1.82) is 0 Å². The first-order valence-electron chi connectivity index (χ1n) is 5.07. The van der Waals surface area contributed by atoms with Crippen molar-refractivity contribution in [2.45, 2.75) is 0 Å². The topological polar surface area (TPSA) is 93.1 Å². The van der Waals surface area contributed by atoms with Crippen LogP contribution in [0.4, 0.5) is 0 Å². The van der Waals surface area contributed by atoms with Gasteiger partial charge in [-0.25, -0.2) is 9.59 Å². The number of carbonyl (C=O) groups is 2. The van der Waals surface area contributed by atoms with Crippen molar-refractivity contribution in [2.24, 2.45) is 0 Å². The lowest BCUT2D eigenvalue weighted by Crippen LogP contribution is -2.10. The van der Waals surface area contributed by atoms with E-state index in [2.05, 4.69) is 0 Å². The molecule has 0 amide bonds. The summed E-state index contributed by atoms with van der Waals surface area (Å²) in [4.78, 5) is 20.9. The highest BCUT2D eigenvalue weighted by Crippen LogP contribution is 2.36. The molecule has 0 heterocycles. The molecule has 6 nitrogen and oxygen atoms in total. The van der Waals surface area contributed by atoms with Gasteiger partial charge in [0.2, 0.25) is 0 Å². The number of carboxylic acids is 2. The molecule has 1 aromatic rings.